The summed E-state index contributed by atoms with van der Waals surface area (Å²) in [5.74, 6) is 0.705. The fraction of sp³-hybridized carbons (Fsp3) is 0.136. The van der Waals surface area contributed by atoms with Gasteiger partial charge in [0.05, 0.1) is 24.7 Å². The van der Waals surface area contributed by atoms with E-state index < -0.39 is 11.7 Å². The molecule has 1 aromatic heterocycles. The van der Waals surface area contributed by atoms with Crippen molar-refractivity contribution in [1.29, 1.82) is 0 Å². The number of rotatable bonds is 4. The Morgan fingerprint density at radius 1 is 0.929 bits per heavy atom. The molecule has 0 fully saturated rings. The first kappa shape index (κ1) is 18.1. The zero-order valence-electron chi connectivity index (χ0n) is 15.1. The number of hydrogen-bond acceptors (Lipinski definition) is 2. The fourth-order valence-electron chi connectivity index (χ4n) is 3.19. The molecule has 0 atom stereocenters. The van der Waals surface area contributed by atoms with Crippen LogP contribution in [0.4, 0.5) is 13.2 Å². The van der Waals surface area contributed by atoms with Gasteiger partial charge in [0.25, 0.3) is 0 Å². The van der Waals surface area contributed by atoms with E-state index in [1.54, 1.807) is 11.8 Å². The van der Waals surface area contributed by atoms with Crippen molar-refractivity contribution in [3.05, 3.63) is 83.9 Å². The van der Waals surface area contributed by atoms with E-state index in [4.69, 9.17) is 4.74 Å². The second-order valence-corrected chi connectivity index (χ2v) is 6.45. The van der Waals surface area contributed by atoms with Gasteiger partial charge in [-0.2, -0.15) is 18.3 Å². The molecule has 4 aromatic rings. The first-order valence-corrected chi connectivity index (χ1v) is 8.72. The summed E-state index contributed by atoms with van der Waals surface area (Å²) in [7, 11) is 1.58. The molecule has 3 nitrogen and oxygen atoms in total. The highest BCUT2D eigenvalue weighted by molar-refractivity contribution is 5.94. The van der Waals surface area contributed by atoms with Crippen LogP contribution in [0.2, 0.25) is 0 Å². The van der Waals surface area contributed by atoms with Gasteiger partial charge in [-0.1, -0.05) is 30.3 Å². The molecule has 3 aromatic carbocycles. The van der Waals surface area contributed by atoms with Gasteiger partial charge < -0.3 is 4.74 Å². The van der Waals surface area contributed by atoms with E-state index in [2.05, 4.69) is 5.10 Å². The summed E-state index contributed by atoms with van der Waals surface area (Å²) in [4.78, 5) is 0. The predicted molar refractivity (Wildman–Crippen MR) is 102 cm³/mol. The van der Waals surface area contributed by atoms with Crippen molar-refractivity contribution in [2.24, 2.45) is 0 Å². The zero-order valence-corrected chi connectivity index (χ0v) is 15.1. The maximum atomic E-state index is 13.2. The normalized spacial score (nSPS) is 11.7. The number of methoxy groups -OCH3 is 1. The number of hydrogen-bond donors (Lipinski definition) is 0. The second-order valence-electron chi connectivity index (χ2n) is 6.45. The topological polar surface area (TPSA) is 27.1 Å². The molecule has 0 unspecified atom stereocenters. The largest absolute Gasteiger partial charge is 0.497 e. The van der Waals surface area contributed by atoms with E-state index in [1.807, 2.05) is 54.6 Å². The first-order valence-electron chi connectivity index (χ1n) is 8.72. The van der Waals surface area contributed by atoms with Crippen LogP contribution >= 0.6 is 0 Å². The third-order valence-electron chi connectivity index (χ3n) is 4.62. The average Bonchev–Trinajstić information content (AvgIpc) is 3.06. The van der Waals surface area contributed by atoms with Gasteiger partial charge in [-0.05, 0) is 48.0 Å². The van der Waals surface area contributed by atoms with E-state index in [9.17, 15) is 13.2 Å². The number of nitrogens with zero attached hydrogens (tertiary/aromatic N) is 2. The van der Waals surface area contributed by atoms with Crippen LogP contribution in [0.25, 0.3) is 22.2 Å². The minimum atomic E-state index is -4.41. The summed E-state index contributed by atoms with van der Waals surface area (Å²) < 4.78 is 46.5. The number of benzene rings is 3. The standard InChI is InChI=1S/C22H17F3N2O/c1-28-18-10-7-16(8-11-18)21-19-12-9-17(22(23,24)25)13-20(19)27(26-21)14-15-5-3-2-4-6-15/h2-13H,14H2,1H3. The van der Waals surface area contributed by atoms with Crippen LogP contribution in [-0.4, -0.2) is 16.9 Å². The van der Waals surface area contributed by atoms with Gasteiger partial charge in [-0.25, -0.2) is 0 Å². The molecule has 0 bridgehead atoms. The Balaban J connectivity index is 1.87. The van der Waals surface area contributed by atoms with Crippen LogP contribution in [0.5, 0.6) is 5.75 Å². The van der Waals surface area contributed by atoms with Crippen molar-refractivity contribution in [3.63, 3.8) is 0 Å². The Hall–Kier alpha value is -3.28. The Kier molecular flexibility index (Phi) is 4.55. The highest BCUT2D eigenvalue weighted by atomic mass is 19.4. The number of fused-ring (bicyclic) bond motifs is 1. The van der Waals surface area contributed by atoms with Gasteiger partial charge in [0.15, 0.2) is 0 Å². The van der Waals surface area contributed by atoms with Crippen LogP contribution in [0.15, 0.2) is 72.8 Å². The van der Waals surface area contributed by atoms with Crippen LogP contribution in [0.3, 0.4) is 0 Å². The molecule has 28 heavy (non-hydrogen) atoms. The molecule has 0 radical (unpaired) electrons. The van der Waals surface area contributed by atoms with Crippen LogP contribution in [0, 0.1) is 0 Å². The van der Waals surface area contributed by atoms with E-state index in [0.717, 1.165) is 23.3 Å². The Labute approximate surface area is 160 Å². The summed E-state index contributed by atoms with van der Waals surface area (Å²) >= 11 is 0. The lowest BCUT2D eigenvalue weighted by Gasteiger charge is -2.08. The van der Waals surface area contributed by atoms with Gasteiger partial charge in [0, 0.05) is 10.9 Å². The molecule has 0 spiro atoms. The van der Waals surface area contributed by atoms with Crippen molar-refractivity contribution in [2.75, 3.05) is 7.11 Å². The minimum absolute atomic E-state index is 0.384. The highest BCUT2D eigenvalue weighted by Crippen LogP contribution is 2.35. The Morgan fingerprint density at radius 3 is 2.29 bits per heavy atom. The van der Waals surface area contributed by atoms with Crippen molar-refractivity contribution in [2.45, 2.75) is 12.7 Å². The molecular weight excluding hydrogens is 365 g/mol. The van der Waals surface area contributed by atoms with Crippen molar-refractivity contribution < 1.29 is 17.9 Å². The summed E-state index contributed by atoms with van der Waals surface area (Å²) in [6.45, 7) is 0.384. The van der Waals surface area contributed by atoms with Crippen molar-refractivity contribution in [1.82, 2.24) is 9.78 Å². The van der Waals surface area contributed by atoms with Gasteiger partial charge in [0.1, 0.15) is 11.4 Å². The first-order chi connectivity index (χ1) is 13.5. The highest BCUT2D eigenvalue weighted by Gasteiger charge is 2.31. The number of halogens is 3. The van der Waals surface area contributed by atoms with Gasteiger partial charge >= 0.3 is 6.18 Å². The molecule has 0 aliphatic carbocycles. The Bertz CT molecular complexity index is 1100. The third-order valence-corrected chi connectivity index (χ3v) is 4.62. The predicted octanol–water partition coefficient (Wildman–Crippen LogP) is 5.78. The number of aromatic nitrogens is 2. The maximum absolute atomic E-state index is 13.2. The molecule has 0 amide bonds. The molecule has 4 rings (SSSR count). The molecule has 0 aliphatic heterocycles. The molecule has 0 saturated carbocycles. The number of alkyl halides is 3. The summed E-state index contributed by atoms with van der Waals surface area (Å²) in [5, 5.41) is 5.32. The van der Waals surface area contributed by atoms with Gasteiger partial charge in [-0.15, -0.1) is 0 Å². The SMILES string of the molecule is COc1ccc(-c2nn(Cc3ccccc3)c3cc(C(F)(F)F)ccc23)cc1. The van der Waals surface area contributed by atoms with Crippen molar-refractivity contribution >= 4 is 10.9 Å². The van der Waals surface area contributed by atoms with E-state index in [-0.39, 0.29) is 0 Å². The molecule has 142 valence electrons. The third kappa shape index (κ3) is 3.45. The molecule has 6 heteroatoms. The average molecular weight is 382 g/mol. The second kappa shape index (κ2) is 7.03. The lowest BCUT2D eigenvalue weighted by molar-refractivity contribution is -0.137. The molecule has 0 aliphatic rings. The fourth-order valence-corrected chi connectivity index (χ4v) is 3.19. The molecular formula is C22H17F3N2O. The summed E-state index contributed by atoms with van der Waals surface area (Å²) in [5.41, 5.74) is 2.19. The molecule has 1 heterocycles. The van der Waals surface area contributed by atoms with Gasteiger partial charge in [0.2, 0.25) is 0 Å². The van der Waals surface area contributed by atoms with E-state index in [1.165, 1.54) is 6.07 Å². The maximum Gasteiger partial charge on any atom is 0.416 e. The molecule has 0 N–H and O–H groups in total. The number of ether oxygens (including phenoxy) is 1. The molecule has 0 saturated heterocycles. The zero-order chi connectivity index (χ0) is 19.7. The van der Waals surface area contributed by atoms with Crippen molar-refractivity contribution in [3.8, 4) is 17.0 Å². The minimum Gasteiger partial charge on any atom is -0.497 e. The lowest BCUT2D eigenvalue weighted by atomic mass is 10.1. The van der Waals surface area contributed by atoms with E-state index in [0.29, 0.717) is 28.9 Å². The van der Waals surface area contributed by atoms with Crippen LogP contribution in [0.1, 0.15) is 11.1 Å². The van der Waals surface area contributed by atoms with Crippen LogP contribution < -0.4 is 4.74 Å². The lowest BCUT2D eigenvalue weighted by Crippen LogP contribution is -2.06. The van der Waals surface area contributed by atoms with E-state index >= 15 is 0 Å². The van der Waals surface area contributed by atoms with Crippen LogP contribution in [-0.2, 0) is 12.7 Å². The van der Waals surface area contributed by atoms with Gasteiger partial charge in [-0.3, -0.25) is 4.68 Å². The quantitative estimate of drug-likeness (QED) is 0.447. The summed E-state index contributed by atoms with van der Waals surface area (Å²) in [6, 6.07) is 20.6. The monoisotopic (exact) mass is 382 g/mol. The summed E-state index contributed by atoms with van der Waals surface area (Å²) in [6.07, 6.45) is -4.41. The Morgan fingerprint density at radius 2 is 1.64 bits per heavy atom. The smallest absolute Gasteiger partial charge is 0.416 e.